The number of benzene rings is 2. The Kier molecular flexibility index (Phi) is 20.2. The number of aldehydes is 1. The van der Waals surface area contributed by atoms with Gasteiger partial charge in [-0.3, -0.25) is 28.8 Å². The van der Waals surface area contributed by atoms with Crippen molar-refractivity contribution in [2.75, 3.05) is 42.5 Å². The van der Waals surface area contributed by atoms with E-state index in [0.29, 0.717) is 57.8 Å². The van der Waals surface area contributed by atoms with E-state index in [9.17, 15) is 51.1 Å². The molecule has 77 heavy (non-hydrogen) atoms. The van der Waals surface area contributed by atoms with Crippen molar-refractivity contribution < 1.29 is 60.6 Å². The number of fused-ring (bicyclic) bond motifs is 2. The number of carbonyl (C=O) groups excluding carboxylic acids is 7. The molecule has 20 heteroatoms. The Hall–Kier alpha value is -5.79. The molecule has 3 aliphatic carbocycles. The number of rotatable bonds is 20. The Labute approximate surface area is 451 Å². The van der Waals surface area contributed by atoms with Gasteiger partial charge in [-0.15, -0.1) is 0 Å². The van der Waals surface area contributed by atoms with Gasteiger partial charge in [0.15, 0.2) is 11.2 Å². The van der Waals surface area contributed by atoms with Crippen molar-refractivity contribution in [1.29, 1.82) is 0 Å². The summed E-state index contributed by atoms with van der Waals surface area (Å²) in [5, 5.41) is 7.88. The van der Waals surface area contributed by atoms with Gasteiger partial charge in [-0.25, -0.2) is 0 Å². The highest BCUT2D eigenvalue weighted by Crippen LogP contribution is 2.43. The number of hydrogen-bond acceptors (Lipinski definition) is 10. The molecule has 0 radical (unpaired) electrons. The van der Waals surface area contributed by atoms with Gasteiger partial charge >= 0.3 is 12.9 Å². The normalized spacial score (nSPS) is 21.6. The van der Waals surface area contributed by atoms with E-state index in [0.717, 1.165) is 75.8 Å². The number of alkyl halides is 4. The van der Waals surface area contributed by atoms with Gasteiger partial charge in [0.05, 0.1) is 11.4 Å². The summed E-state index contributed by atoms with van der Waals surface area (Å²) in [4.78, 5) is 94.6. The second-order valence-electron chi connectivity index (χ2n) is 23.0. The fourth-order valence-electron chi connectivity index (χ4n) is 11.3. The zero-order chi connectivity index (χ0) is 56.7. The van der Waals surface area contributed by atoms with Crippen molar-refractivity contribution in [3.05, 3.63) is 46.5 Å². The second kappa shape index (κ2) is 25.8. The van der Waals surface area contributed by atoms with Gasteiger partial charge in [-0.1, -0.05) is 0 Å². The van der Waals surface area contributed by atoms with Gasteiger partial charge in [0.1, 0.15) is 17.8 Å². The summed E-state index contributed by atoms with van der Waals surface area (Å²) in [5.74, 6) is -1.92. The molecule has 3 saturated carbocycles. The van der Waals surface area contributed by atoms with Crippen LogP contribution in [0, 0.1) is 25.7 Å². The maximum atomic E-state index is 14.1. The van der Waals surface area contributed by atoms with E-state index in [1.54, 1.807) is 52.0 Å². The van der Waals surface area contributed by atoms with Crippen LogP contribution in [0.4, 0.5) is 28.9 Å². The van der Waals surface area contributed by atoms with Gasteiger partial charge in [0.2, 0.25) is 0 Å². The van der Waals surface area contributed by atoms with Crippen LogP contribution in [0.15, 0.2) is 24.3 Å². The van der Waals surface area contributed by atoms with E-state index < -0.39 is 41.8 Å². The average Bonchev–Trinajstić information content (AvgIpc) is 4.24. The fraction of sp³-hybridized carbons (Fsp3) is 0.667. The third-order valence-electron chi connectivity index (χ3n) is 15.6. The zero-order valence-electron chi connectivity index (χ0n) is 46.6. The first-order valence-corrected chi connectivity index (χ1v) is 27.5. The largest absolute Gasteiger partial charge is 0.476 e. The number of carbonyl (C=O) groups is 7. The van der Waals surface area contributed by atoms with E-state index in [2.05, 4.69) is 16.0 Å². The molecule has 2 aliphatic heterocycles. The lowest BCUT2D eigenvalue weighted by atomic mass is 9.83. The molecule has 0 saturated heterocycles. The Morgan fingerprint density at radius 2 is 1.01 bits per heavy atom. The summed E-state index contributed by atoms with van der Waals surface area (Å²) >= 11 is 0. The molecule has 2 aromatic rings. The number of amides is 6. The quantitative estimate of drug-likeness (QED) is 0.0860. The van der Waals surface area contributed by atoms with Gasteiger partial charge in [0.25, 0.3) is 35.4 Å². The third kappa shape index (κ3) is 14.9. The predicted molar refractivity (Wildman–Crippen MR) is 285 cm³/mol. The highest BCUT2D eigenvalue weighted by Gasteiger charge is 2.44. The Morgan fingerprint density at radius 1 is 0.623 bits per heavy atom. The molecule has 2 heterocycles. The molecular weight excluding hydrogens is 1000 g/mol. The van der Waals surface area contributed by atoms with E-state index >= 15 is 0 Å². The van der Waals surface area contributed by atoms with E-state index in [-0.39, 0.29) is 68.1 Å². The lowest BCUT2D eigenvalue weighted by Gasteiger charge is -2.41. The van der Waals surface area contributed by atoms with Crippen molar-refractivity contribution in [2.45, 2.75) is 201 Å². The topological polar surface area (TPSA) is 187 Å². The number of anilines is 2. The predicted octanol–water partition coefficient (Wildman–Crippen LogP) is 8.31. The third-order valence-corrected chi connectivity index (χ3v) is 15.6. The average molecular weight is 1080 g/mol. The van der Waals surface area contributed by atoms with Gasteiger partial charge in [-0.05, 0) is 194 Å². The zero-order valence-corrected chi connectivity index (χ0v) is 46.6. The molecule has 0 atom stereocenters. The first-order valence-electron chi connectivity index (χ1n) is 27.5. The van der Waals surface area contributed by atoms with E-state index in [1.165, 1.54) is 29.1 Å². The highest BCUT2D eigenvalue weighted by molar-refractivity contribution is 6.06. The van der Waals surface area contributed by atoms with Crippen LogP contribution in [-0.2, 0) is 24.0 Å². The number of hydrogen-bond donors (Lipinski definition) is 3. The molecular formula is C57H81F4N7O9. The molecule has 426 valence electrons. The van der Waals surface area contributed by atoms with Crippen molar-refractivity contribution in [3.8, 4) is 11.5 Å². The second-order valence-corrected chi connectivity index (χ2v) is 23.0. The SMILES string of the molecule is Cc1cc2c(cc1C(=O)N(C(C)C)C1CCC(CC=O)CC1)N(CCNC(=O)C(F)F)C(=O)C(C)(C)O2.Cc1cc2c(cc1C(=O)N(C(C)C)C1CCC(CCNC3CC3)CC1)N(CCNC(=O)C(F)F)C(=O)C(C)(C)O2. The van der Waals surface area contributed by atoms with Crippen LogP contribution in [0.1, 0.15) is 164 Å². The van der Waals surface area contributed by atoms with Crippen LogP contribution in [-0.4, -0.2) is 139 Å². The number of halogens is 4. The number of aryl methyl sites for hydroxylation is 2. The van der Waals surface area contributed by atoms with Crippen LogP contribution in [0.2, 0.25) is 0 Å². The lowest BCUT2D eigenvalue weighted by molar-refractivity contribution is -0.133. The van der Waals surface area contributed by atoms with Crippen molar-refractivity contribution >= 4 is 53.1 Å². The van der Waals surface area contributed by atoms with Crippen LogP contribution >= 0.6 is 0 Å². The van der Waals surface area contributed by atoms with Crippen LogP contribution < -0.4 is 35.2 Å². The summed E-state index contributed by atoms with van der Waals surface area (Å²) in [6, 6.07) is 7.65. The standard InChI is InChI=1S/C30H44F2N4O4.C27H37F2N3O5/c1-18(2)36(22-10-6-20(7-11-22)12-13-33-21-8-9-21)28(38)23-17-24-25(16-19(23)3)40-30(4,5)29(39)35(24)15-14-34-27(37)26(31)32;1-16(2)32(19-8-6-18(7-9-19)10-13-33)25(35)20-15-21-22(14-17(20)3)37-27(4,5)26(36)31(21)12-11-30-24(34)23(28)29/h16-18,20-22,26,33H,6-15H2,1-5H3,(H,34,37);13-16,18-19,23H,6-12H2,1-5H3,(H,30,34). The summed E-state index contributed by atoms with van der Waals surface area (Å²) in [7, 11) is 0. The molecule has 16 nitrogen and oxygen atoms in total. The molecule has 3 fully saturated rings. The van der Waals surface area contributed by atoms with Crippen LogP contribution in [0.3, 0.4) is 0 Å². The summed E-state index contributed by atoms with van der Waals surface area (Å²) in [5.41, 5.74) is 0.728. The van der Waals surface area contributed by atoms with Crippen molar-refractivity contribution in [3.63, 3.8) is 0 Å². The highest BCUT2D eigenvalue weighted by atomic mass is 19.3. The smallest absolute Gasteiger partial charge is 0.315 e. The molecule has 2 aromatic carbocycles. The number of nitrogens with zero attached hydrogens (tertiary/aromatic N) is 4. The minimum atomic E-state index is -3.15. The molecule has 6 amide bonds. The molecule has 3 N–H and O–H groups in total. The first-order chi connectivity index (χ1) is 36.3. The number of nitrogens with one attached hydrogen (secondary N) is 3. The van der Waals surface area contributed by atoms with Crippen molar-refractivity contribution in [1.82, 2.24) is 25.8 Å². The maximum Gasteiger partial charge on any atom is 0.315 e. The minimum Gasteiger partial charge on any atom is -0.476 e. The summed E-state index contributed by atoms with van der Waals surface area (Å²) in [6.07, 6.45) is 6.55. The van der Waals surface area contributed by atoms with E-state index in [4.69, 9.17) is 9.47 Å². The Balaban J connectivity index is 0.000000250. The summed E-state index contributed by atoms with van der Waals surface area (Å²) < 4.78 is 62.5. The van der Waals surface area contributed by atoms with Gasteiger partial charge < -0.3 is 49.8 Å². The van der Waals surface area contributed by atoms with Crippen LogP contribution in [0.25, 0.3) is 0 Å². The summed E-state index contributed by atoms with van der Waals surface area (Å²) in [6.45, 7) is 18.8. The molecule has 0 unspecified atom stereocenters. The lowest BCUT2D eigenvalue weighted by Crippen LogP contribution is -2.54. The molecule has 5 aliphatic rings. The Bertz CT molecular complexity index is 2470. The molecule has 0 bridgehead atoms. The Morgan fingerprint density at radius 3 is 1.36 bits per heavy atom. The monoisotopic (exact) mass is 1080 g/mol. The molecule has 0 spiro atoms. The maximum absolute atomic E-state index is 14.1. The van der Waals surface area contributed by atoms with E-state index in [1.807, 2.05) is 51.3 Å². The van der Waals surface area contributed by atoms with Crippen LogP contribution in [0.5, 0.6) is 11.5 Å². The minimum absolute atomic E-state index is 0.00139. The number of ether oxygens (including phenoxy) is 2. The molecule has 7 rings (SSSR count). The fourth-order valence-corrected chi connectivity index (χ4v) is 11.3. The van der Waals surface area contributed by atoms with Gasteiger partial charge in [0, 0.05) is 73.9 Å². The van der Waals surface area contributed by atoms with Gasteiger partial charge in [-0.2, -0.15) is 17.6 Å². The first kappa shape index (κ1) is 60.4. The molecule has 0 aromatic heterocycles. The van der Waals surface area contributed by atoms with Crippen molar-refractivity contribution in [2.24, 2.45) is 11.8 Å².